The molecule has 0 spiro atoms. The maximum absolute atomic E-state index is 12.0. The minimum atomic E-state index is 0.0550. The van der Waals surface area contributed by atoms with Crippen molar-refractivity contribution in [1.82, 2.24) is 20.1 Å². The summed E-state index contributed by atoms with van der Waals surface area (Å²) in [5, 5.41) is 12.6. The predicted octanol–water partition coefficient (Wildman–Crippen LogP) is 4.98. The van der Waals surface area contributed by atoms with Gasteiger partial charge in [-0.05, 0) is 43.5 Å². The van der Waals surface area contributed by atoms with Crippen molar-refractivity contribution in [1.29, 1.82) is 0 Å². The minimum Gasteiger partial charge on any atom is -0.349 e. The number of unbranched alkanes of at least 4 members (excludes halogenated alkanes) is 1. The Bertz CT molecular complexity index is 950. The summed E-state index contributed by atoms with van der Waals surface area (Å²) in [7, 11) is 0. The zero-order chi connectivity index (χ0) is 20.6. The lowest BCUT2D eigenvalue weighted by atomic mass is 10.1. The van der Waals surface area contributed by atoms with Gasteiger partial charge in [0.05, 0.1) is 6.54 Å². The molecule has 6 heteroatoms. The molecular weight excluding hydrogens is 380 g/mol. The summed E-state index contributed by atoms with van der Waals surface area (Å²) < 4.78 is 2.04. The number of carbonyl (C=O) groups excluding carboxylic acids is 1. The van der Waals surface area contributed by atoms with Gasteiger partial charge >= 0.3 is 0 Å². The minimum absolute atomic E-state index is 0.0550. The van der Waals surface area contributed by atoms with Gasteiger partial charge in [0.2, 0.25) is 5.91 Å². The van der Waals surface area contributed by atoms with E-state index in [4.69, 9.17) is 0 Å². The number of aryl methyl sites for hydroxylation is 2. The van der Waals surface area contributed by atoms with Crippen LogP contribution in [0.25, 0.3) is 5.69 Å². The van der Waals surface area contributed by atoms with Crippen molar-refractivity contribution in [2.24, 2.45) is 0 Å². The maximum atomic E-state index is 12.0. The van der Waals surface area contributed by atoms with Crippen LogP contribution in [0.15, 0.2) is 53.7 Å². The van der Waals surface area contributed by atoms with E-state index in [1.807, 2.05) is 4.57 Å². The number of benzene rings is 2. The molecule has 5 nitrogen and oxygen atoms in total. The third kappa shape index (κ3) is 5.70. The van der Waals surface area contributed by atoms with E-state index in [1.54, 1.807) is 11.8 Å². The fourth-order valence-electron chi connectivity index (χ4n) is 2.98. The van der Waals surface area contributed by atoms with E-state index in [0.717, 1.165) is 35.3 Å². The van der Waals surface area contributed by atoms with Crippen molar-refractivity contribution in [2.45, 2.75) is 57.5 Å². The lowest BCUT2D eigenvalue weighted by Gasteiger charge is -2.12. The van der Waals surface area contributed by atoms with Crippen LogP contribution in [0, 0.1) is 13.8 Å². The first-order valence-corrected chi connectivity index (χ1v) is 11.0. The molecule has 0 fully saturated rings. The number of thioether (sulfide) groups is 1. The Balaban J connectivity index is 1.82. The zero-order valence-corrected chi connectivity index (χ0v) is 18.1. The smallest absolute Gasteiger partial charge is 0.220 e. The Morgan fingerprint density at radius 3 is 2.55 bits per heavy atom. The molecule has 2 aromatic carbocycles. The van der Waals surface area contributed by atoms with Crippen molar-refractivity contribution in [3.05, 3.63) is 71.0 Å². The molecule has 0 atom stereocenters. The highest BCUT2D eigenvalue weighted by atomic mass is 32.2. The fourth-order valence-corrected chi connectivity index (χ4v) is 4.03. The lowest BCUT2D eigenvalue weighted by Crippen LogP contribution is -2.24. The SMILES string of the molecule is CCCCC(=O)NCc1nnc(SCc2ccccc2C)n1-c1ccc(C)cc1. The van der Waals surface area contributed by atoms with Crippen molar-refractivity contribution in [2.75, 3.05) is 0 Å². The van der Waals surface area contributed by atoms with Gasteiger partial charge in [-0.15, -0.1) is 10.2 Å². The molecular formula is C23H28N4OS. The lowest BCUT2D eigenvalue weighted by molar-refractivity contribution is -0.121. The highest BCUT2D eigenvalue weighted by Gasteiger charge is 2.15. The van der Waals surface area contributed by atoms with E-state index in [2.05, 4.69) is 84.8 Å². The first kappa shape index (κ1) is 21.1. The maximum Gasteiger partial charge on any atom is 0.220 e. The third-order valence-electron chi connectivity index (χ3n) is 4.81. The van der Waals surface area contributed by atoms with Gasteiger partial charge < -0.3 is 5.32 Å². The topological polar surface area (TPSA) is 59.8 Å². The van der Waals surface area contributed by atoms with Gasteiger partial charge in [0.15, 0.2) is 11.0 Å². The molecule has 152 valence electrons. The number of amides is 1. The molecule has 0 radical (unpaired) electrons. The molecule has 0 unspecified atom stereocenters. The zero-order valence-electron chi connectivity index (χ0n) is 17.3. The molecule has 1 aromatic heterocycles. The second-order valence-corrected chi connectivity index (χ2v) is 8.11. The normalized spacial score (nSPS) is 10.9. The molecule has 3 aromatic rings. The van der Waals surface area contributed by atoms with Gasteiger partial charge in [-0.3, -0.25) is 9.36 Å². The predicted molar refractivity (Wildman–Crippen MR) is 118 cm³/mol. The standard InChI is InChI=1S/C23H28N4OS/c1-4-5-10-22(28)24-15-21-25-26-23(27(21)20-13-11-17(2)12-14-20)29-16-19-9-7-6-8-18(19)3/h6-9,11-14H,4-5,10,15-16H2,1-3H3,(H,24,28). The van der Waals surface area contributed by atoms with Crippen LogP contribution in [-0.4, -0.2) is 20.7 Å². The molecule has 1 heterocycles. The molecule has 0 saturated carbocycles. The van der Waals surface area contributed by atoms with Crippen molar-refractivity contribution < 1.29 is 4.79 Å². The van der Waals surface area contributed by atoms with Crippen LogP contribution in [0.3, 0.4) is 0 Å². The van der Waals surface area contributed by atoms with Gasteiger partial charge in [-0.2, -0.15) is 0 Å². The summed E-state index contributed by atoms with van der Waals surface area (Å²) in [6, 6.07) is 16.7. The fraction of sp³-hybridized carbons (Fsp3) is 0.348. The number of nitrogens with zero attached hydrogens (tertiary/aromatic N) is 3. The highest BCUT2D eigenvalue weighted by Crippen LogP contribution is 2.26. The Morgan fingerprint density at radius 1 is 1.07 bits per heavy atom. The molecule has 0 bridgehead atoms. The number of rotatable bonds is 9. The molecule has 0 aliphatic carbocycles. The van der Waals surface area contributed by atoms with Crippen LogP contribution in [0.4, 0.5) is 0 Å². The monoisotopic (exact) mass is 408 g/mol. The van der Waals surface area contributed by atoms with Gasteiger partial charge in [-0.1, -0.05) is 67.1 Å². The summed E-state index contributed by atoms with van der Waals surface area (Å²) in [5.74, 6) is 1.62. The van der Waals surface area contributed by atoms with Gasteiger partial charge in [0, 0.05) is 17.9 Å². The summed E-state index contributed by atoms with van der Waals surface area (Å²) >= 11 is 1.66. The van der Waals surface area contributed by atoms with E-state index in [0.29, 0.717) is 13.0 Å². The van der Waals surface area contributed by atoms with Crippen LogP contribution < -0.4 is 5.32 Å². The number of nitrogens with one attached hydrogen (secondary N) is 1. The van der Waals surface area contributed by atoms with Crippen LogP contribution in [-0.2, 0) is 17.1 Å². The number of carbonyl (C=O) groups is 1. The van der Waals surface area contributed by atoms with E-state index in [-0.39, 0.29) is 5.91 Å². The van der Waals surface area contributed by atoms with E-state index < -0.39 is 0 Å². The van der Waals surface area contributed by atoms with Gasteiger partial charge in [-0.25, -0.2) is 0 Å². The quantitative estimate of drug-likeness (QED) is 0.507. The molecule has 29 heavy (non-hydrogen) atoms. The molecule has 0 aliphatic heterocycles. The highest BCUT2D eigenvalue weighted by molar-refractivity contribution is 7.98. The Kier molecular flexibility index (Phi) is 7.47. The van der Waals surface area contributed by atoms with Crippen molar-refractivity contribution >= 4 is 17.7 Å². The van der Waals surface area contributed by atoms with E-state index >= 15 is 0 Å². The average Bonchev–Trinajstić information content (AvgIpc) is 3.13. The first-order chi connectivity index (χ1) is 14.1. The molecule has 3 rings (SSSR count). The summed E-state index contributed by atoms with van der Waals surface area (Å²) in [4.78, 5) is 12.0. The van der Waals surface area contributed by atoms with Crippen LogP contribution >= 0.6 is 11.8 Å². The van der Waals surface area contributed by atoms with Crippen LogP contribution in [0.1, 0.15) is 48.7 Å². The van der Waals surface area contributed by atoms with Gasteiger partial charge in [0.1, 0.15) is 0 Å². The number of hydrogen-bond donors (Lipinski definition) is 1. The number of aromatic nitrogens is 3. The van der Waals surface area contributed by atoms with Gasteiger partial charge in [0.25, 0.3) is 0 Å². The summed E-state index contributed by atoms with van der Waals surface area (Å²) in [6.45, 7) is 6.64. The Hall–Kier alpha value is -2.60. The second kappa shape index (κ2) is 10.3. The molecule has 0 saturated heterocycles. The first-order valence-electron chi connectivity index (χ1n) is 10.0. The molecule has 0 aliphatic rings. The van der Waals surface area contributed by atoms with E-state index in [9.17, 15) is 4.79 Å². The molecule has 1 N–H and O–H groups in total. The van der Waals surface area contributed by atoms with Crippen molar-refractivity contribution in [3.63, 3.8) is 0 Å². The van der Waals surface area contributed by atoms with E-state index in [1.165, 1.54) is 16.7 Å². The third-order valence-corrected chi connectivity index (χ3v) is 5.79. The Morgan fingerprint density at radius 2 is 1.83 bits per heavy atom. The largest absolute Gasteiger partial charge is 0.349 e. The average molecular weight is 409 g/mol. The Labute approximate surface area is 176 Å². The number of hydrogen-bond acceptors (Lipinski definition) is 4. The van der Waals surface area contributed by atoms with Crippen molar-refractivity contribution in [3.8, 4) is 5.69 Å². The second-order valence-electron chi connectivity index (χ2n) is 7.17. The molecule has 1 amide bonds. The summed E-state index contributed by atoms with van der Waals surface area (Å²) in [6.07, 6.45) is 2.45. The van der Waals surface area contributed by atoms with Crippen LogP contribution in [0.5, 0.6) is 0 Å². The summed E-state index contributed by atoms with van der Waals surface area (Å²) in [5.41, 5.74) is 4.76. The van der Waals surface area contributed by atoms with Crippen LogP contribution in [0.2, 0.25) is 0 Å².